The first-order valence-corrected chi connectivity index (χ1v) is 4.77. The van der Waals surface area contributed by atoms with Crippen molar-refractivity contribution in [2.45, 2.75) is 6.42 Å². The van der Waals surface area contributed by atoms with Crippen LogP contribution in [0.4, 0.5) is 0 Å². The van der Waals surface area contributed by atoms with Gasteiger partial charge in [-0.05, 0) is 12.1 Å². The Labute approximate surface area is 88.6 Å². The van der Waals surface area contributed by atoms with Crippen LogP contribution in [0.1, 0.15) is 17.5 Å². The zero-order valence-corrected chi connectivity index (χ0v) is 8.43. The van der Waals surface area contributed by atoms with Crippen molar-refractivity contribution in [2.24, 2.45) is 5.73 Å². The Morgan fingerprint density at radius 1 is 1.36 bits per heavy atom. The highest BCUT2D eigenvalue weighted by Crippen LogP contribution is 2.02. The fraction of sp³-hybridized carbons (Fsp3) is 0.182. The largest absolute Gasteiger partial charge is 0.384 e. The molecule has 0 unspecified atom stereocenters. The Kier molecular flexibility index (Phi) is 4.03. The van der Waals surface area contributed by atoms with E-state index in [4.69, 9.17) is 22.7 Å². The number of hydrogen-bond donors (Lipinski definition) is 2. The van der Waals surface area contributed by atoms with E-state index in [1.54, 1.807) is 12.1 Å². The first-order valence-electron chi connectivity index (χ1n) is 4.23. The molecule has 0 saturated carbocycles. The van der Waals surface area contributed by atoms with Crippen molar-refractivity contribution in [3.63, 3.8) is 0 Å². The Hall–Kier alpha value is -1.46. The van der Waals surface area contributed by atoms with Crippen molar-refractivity contribution in [3.8, 4) is 11.8 Å². The van der Waals surface area contributed by atoms with Gasteiger partial charge in [0, 0.05) is 23.4 Å². The molecule has 0 spiro atoms. The number of nitrogen functional groups attached to an aromatic ring is 1. The molecule has 0 heterocycles. The molecule has 0 radical (unpaired) electrons. The molecule has 0 amide bonds. The molecule has 0 aliphatic rings. The van der Waals surface area contributed by atoms with E-state index in [0.29, 0.717) is 17.9 Å². The summed E-state index contributed by atoms with van der Waals surface area (Å²) in [4.78, 5) is 0. The van der Waals surface area contributed by atoms with Gasteiger partial charge in [-0.3, -0.25) is 5.41 Å². The van der Waals surface area contributed by atoms with E-state index in [2.05, 4.69) is 11.8 Å². The molecule has 0 fully saturated rings. The number of halogens is 1. The van der Waals surface area contributed by atoms with Gasteiger partial charge in [0.2, 0.25) is 0 Å². The molecule has 0 bridgehead atoms. The van der Waals surface area contributed by atoms with Crippen LogP contribution in [0.15, 0.2) is 24.3 Å². The molecule has 14 heavy (non-hydrogen) atoms. The number of rotatable bonds is 2. The molecule has 0 aliphatic carbocycles. The second-order valence-electron chi connectivity index (χ2n) is 2.73. The van der Waals surface area contributed by atoms with Gasteiger partial charge >= 0.3 is 0 Å². The minimum Gasteiger partial charge on any atom is -0.384 e. The minimum atomic E-state index is 0.0743. The van der Waals surface area contributed by atoms with Crippen LogP contribution in [-0.4, -0.2) is 11.7 Å². The van der Waals surface area contributed by atoms with E-state index in [1.807, 2.05) is 12.1 Å². The van der Waals surface area contributed by atoms with Crippen molar-refractivity contribution < 1.29 is 0 Å². The van der Waals surface area contributed by atoms with Gasteiger partial charge in [-0.2, -0.15) is 0 Å². The predicted molar refractivity (Wildman–Crippen MR) is 59.7 cm³/mol. The smallest absolute Gasteiger partial charge is 0.122 e. The molecule has 3 heteroatoms. The molecule has 3 N–H and O–H groups in total. The van der Waals surface area contributed by atoms with E-state index >= 15 is 0 Å². The van der Waals surface area contributed by atoms with Crippen LogP contribution in [0.3, 0.4) is 0 Å². The lowest BCUT2D eigenvalue weighted by Crippen LogP contribution is -2.10. The summed E-state index contributed by atoms with van der Waals surface area (Å²) in [6, 6.07) is 7.26. The van der Waals surface area contributed by atoms with E-state index < -0.39 is 0 Å². The fourth-order valence-electron chi connectivity index (χ4n) is 0.945. The zero-order valence-electron chi connectivity index (χ0n) is 7.68. The summed E-state index contributed by atoms with van der Waals surface area (Å²) in [6.07, 6.45) is 0.690. The molecule has 0 aromatic heterocycles. The molecule has 1 aromatic carbocycles. The molecular weight excluding hydrogens is 196 g/mol. The van der Waals surface area contributed by atoms with E-state index in [0.717, 1.165) is 5.56 Å². The zero-order chi connectivity index (χ0) is 10.4. The number of nitrogens with one attached hydrogen (secondary N) is 1. The van der Waals surface area contributed by atoms with E-state index in [1.165, 1.54) is 0 Å². The lowest BCUT2D eigenvalue weighted by Gasteiger charge is -1.96. The SMILES string of the molecule is N=C(N)c1ccc(C#CCCCl)cc1. The molecule has 0 atom stereocenters. The van der Waals surface area contributed by atoms with Gasteiger partial charge in [-0.1, -0.05) is 24.0 Å². The predicted octanol–water partition coefficient (Wildman–Crippen LogP) is 1.95. The Bertz CT molecular complexity index is 371. The number of alkyl halides is 1. The van der Waals surface area contributed by atoms with Gasteiger partial charge < -0.3 is 5.73 Å². The van der Waals surface area contributed by atoms with Crippen molar-refractivity contribution in [3.05, 3.63) is 35.4 Å². The lowest BCUT2D eigenvalue weighted by atomic mass is 10.1. The number of amidine groups is 1. The third kappa shape index (κ3) is 3.12. The molecule has 2 nitrogen and oxygen atoms in total. The van der Waals surface area contributed by atoms with Gasteiger partial charge in [-0.25, -0.2) is 0 Å². The topological polar surface area (TPSA) is 49.9 Å². The molecular formula is C11H11ClN2. The van der Waals surface area contributed by atoms with Crippen molar-refractivity contribution >= 4 is 17.4 Å². The van der Waals surface area contributed by atoms with Crippen LogP contribution in [0.5, 0.6) is 0 Å². The lowest BCUT2D eigenvalue weighted by molar-refractivity contribution is 1.29. The fourth-order valence-corrected chi connectivity index (χ4v) is 1.04. The summed E-state index contributed by atoms with van der Waals surface area (Å²) in [5, 5.41) is 7.20. The van der Waals surface area contributed by atoms with Crippen molar-refractivity contribution in [1.29, 1.82) is 5.41 Å². The Morgan fingerprint density at radius 3 is 2.50 bits per heavy atom. The van der Waals surface area contributed by atoms with Crippen LogP contribution in [-0.2, 0) is 0 Å². The number of benzene rings is 1. The van der Waals surface area contributed by atoms with Crippen LogP contribution < -0.4 is 5.73 Å². The van der Waals surface area contributed by atoms with Gasteiger partial charge in [0.15, 0.2) is 0 Å². The Morgan fingerprint density at radius 2 is 2.00 bits per heavy atom. The van der Waals surface area contributed by atoms with Gasteiger partial charge in [0.25, 0.3) is 0 Å². The van der Waals surface area contributed by atoms with Crippen LogP contribution in [0, 0.1) is 17.3 Å². The first-order chi connectivity index (χ1) is 6.74. The average molecular weight is 207 g/mol. The second kappa shape index (κ2) is 5.31. The summed E-state index contributed by atoms with van der Waals surface area (Å²) in [6.45, 7) is 0. The third-order valence-corrected chi connectivity index (χ3v) is 1.84. The normalized spacial score (nSPS) is 8.93. The maximum atomic E-state index is 7.20. The first kappa shape index (κ1) is 10.6. The summed E-state index contributed by atoms with van der Waals surface area (Å²) in [5.41, 5.74) is 6.95. The maximum Gasteiger partial charge on any atom is 0.122 e. The Balaban J connectivity index is 2.75. The summed E-state index contributed by atoms with van der Waals surface area (Å²) in [5.74, 6) is 6.53. The quantitative estimate of drug-likeness (QED) is 0.331. The average Bonchev–Trinajstić information content (AvgIpc) is 2.19. The summed E-state index contributed by atoms with van der Waals surface area (Å²) < 4.78 is 0. The number of hydrogen-bond acceptors (Lipinski definition) is 1. The molecule has 0 aliphatic heterocycles. The van der Waals surface area contributed by atoms with E-state index in [-0.39, 0.29) is 5.84 Å². The highest BCUT2D eigenvalue weighted by Gasteiger charge is 1.93. The molecule has 72 valence electrons. The second-order valence-corrected chi connectivity index (χ2v) is 3.11. The summed E-state index contributed by atoms with van der Waals surface area (Å²) >= 11 is 5.49. The van der Waals surface area contributed by atoms with Crippen molar-refractivity contribution in [2.75, 3.05) is 5.88 Å². The third-order valence-electron chi connectivity index (χ3n) is 1.65. The van der Waals surface area contributed by atoms with E-state index in [9.17, 15) is 0 Å². The van der Waals surface area contributed by atoms with Gasteiger partial charge in [0.1, 0.15) is 5.84 Å². The van der Waals surface area contributed by atoms with Gasteiger partial charge in [-0.15, -0.1) is 11.6 Å². The molecule has 1 aromatic rings. The maximum absolute atomic E-state index is 7.20. The molecule has 1 rings (SSSR count). The van der Waals surface area contributed by atoms with Crippen LogP contribution >= 0.6 is 11.6 Å². The number of nitrogens with two attached hydrogens (primary N) is 1. The highest BCUT2D eigenvalue weighted by molar-refractivity contribution is 6.18. The summed E-state index contributed by atoms with van der Waals surface area (Å²) in [7, 11) is 0. The van der Waals surface area contributed by atoms with Crippen LogP contribution in [0.2, 0.25) is 0 Å². The van der Waals surface area contributed by atoms with Crippen molar-refractivity contribution in [1.82, 2.24) is 0 Å². The van der Waals surface area contributed by atoms with Crippen LogP contribution in [0.25, 0.3) is 0 Å². The molecule has 0 saturated heterocycles. The highest BCUT2D eigenvalue weighted by atomic mass is 35.5. The monoisotopic (exact) mass is 206 g/mol. The standard InChI is InChI=1S/C11H11ClN2/c12-8-2-1-3-9-4-6-10(7-5-9)11(13)14/h4-7H,2,8H2,(H3,13,14). The minimum absolute atomic E-state index is 0.0743. The van der Waals surface area contributed by atoms with Gasteiger partial charge in [0.05, 0.1) is 0 Å².